The quantitative estimate of drug-likeness (QED) is 0.819. The molecule has 1 atom stereocenters. The molecule has 1 aromatic heterocycles. The highest BCUT2D eigenvalue weighted by Gasteiger charge is 2.45. The van der Waals surface area contributed by atoms with Gasteiger partial charge in [-0.05, 0) is 61.9 Å². The predicted molar refractivity (Wildman–Crippen MR) is 109 cm³/mol. The van der Waals surface area contributed by atoms with E-state index in [9.17, 15) is 4.79 Å². The molecule has 1 saturated heterocycles. The Balaban J connectivity index is 1.63. The summed E-state index contributed by atoms with van der Waals surface area (Å²) in [5, 5.41) is 0. The summed E-state index contributed by atoms with van der Waals surface area (Å²) in [4.78, 5) is 26.6. The first-order chi connectivity index (χ1) is 13.4. The fraction of sp³-hybridized carbons (Fsp3) is 0.500. The zero-order valence-corrected chi connectivity index (χ0v) is 17.2. The Kier molecular flexibility index (Phi) is 4.73. The molecule has 1 amide bonds. The van der Waals surface area contributed by atoms with Crippen molar-refractivity contribution in [1.29, 1.82) is 0 Å². The number of aromatic nitrogens is 2. The third-order valence-electron chi connectivity index (χ3n) is 6.16. The Hall–Kier alpha value is -2.63. The van der Waals surface area contributed by atoms with Crippen LogP contribution in [-0.4, -0.2) is 55.1 Å². The predicted octanol–water partition coefficient (Wildman–Crippen LogP) is 2.98. The molecule has 28 heavy (non-hydrogen) atoms. The molecule has 0 N–H and O–H groups in total. The first-order valence-electron chi connectivity index (χ1n) is 9.91. The van der Waals surface area contributed by atoms with Gasteiger partial charge in [-0.2, -0.15) is 0 Å². The van der Waals surface area contributed by atoms with Crippen molar-refractivity contribution in [1.82, 2.24) is 14.9 Å². The van der Waals surface area contributed by atoms with Crippen molar-refractivity contribution < 1.29 is 9.53 Å². The van der Waals surface area contributed by atoms with Gasteiger partial charge in [0, 0.05) is 44.4 Å². The van der Waals surface area contributed by atoms with E-state index >= 15 is 0 Å². The molecule has 0 radical (unpaired) electrons. The lowest BCUT2D eigenvalue weighted by molar-refractivity contribution is 0.0632. The number of nitrogens with zero attached hydrogens (tertiary/aromatic N) is 4. The van der Waals surface area contributed by atoms with Gasteiger partial charge in [-0.3, -0.25) is 4.79 Å². The summed E-state index contributed by atoms with van der Waals surface area (Å²) in [6, 6.07) is 5.67. The topological polar surface area (TPSA) is 58.6 Å². The molecule has 2 heterocycles. The van der Waals surface area contributed by atoms with Crippen molar-refractivity contribution in [2.45, 2.75) is 38.0 Å². The number of anilines is 1. The van der Waals surface area contributed by atoms with Crippen molar-refractivity contribution in [2.75, 3.05) is 39.2 Å². The van der Waals surface area contributed by atoms with Gasteiger partial charge in [0.1, 0.15) is 5.75 Å². The molecular formula is C22H28N4O2. The van der Waals surface area contributed by atoms with E-state index in [1.165, 1.54) is 5.56 Å². The molecule has 6 nitrogen and oxygen atoms in total. The second kappa shape index (κ2) is 7.08. The van der Waals surface area contributed by atoms with Gasteiger partial charge in [-0.1, -0.05) is 0 Å². The molecule has 1 unspecified atom stereocenters. The van der Waals surface area contributed by atoms with E-state index in [2.05, 4.69) is 4.98 Å². The summed E-state index contributed by atoms with van der Waals surface area (Å²) in [5.41, 5.74) is 4.05. The highest BCUT2D eigenvalue weighted by molar-refractivity contribution is 5.96. The molecule has 0 bridgehead atoms. The minimum Gasteiger partial charge on any atom is -0.497 e. The molecular weight excluding hydrogens is 352 g/mol. The highest BCUT2D eigenvalue weighted by atomic mass is 16.5. The molecule has 1 spiro atoms. The van der Waals surface area contributed by atoms with Crippen LogP contribution in [-0.2, 0) is 11.8 Å². The lowest BCUT2D eigenvalue weighted by atomic mass is 9.77. The number of rotatable bonds is 3. The largest absolute Gasteiger partial charge is 0.497 e. The maximum Gasteiger partial charge on any atom is 0.254 e. The van der Waals surface area contributed by atoms with Gasteiger partial charge in [-0.25, -0.2) is 9.97 Å². The third-order valence-corrected chi connectivity index (χ3v) is 6.16. The molecule has 1 aliphatic heterocycles. The smallest absolute Gasteiger partial charge is 0.254 e. The van der Waals surface area contributed by atoms with Crippen LogP contribution in [0.25, 0.3) is 0 Å². The standard InChI is InChI=1S/C22H28N4O2/c1-15-12-17(28-4)6-7-18(15)20(27)26-11-5-9-22(14-26)10-8-16-13-23-21(25(2)3)24-19(16)22/h6-7,12-13H,5,8-11,14H2,1-4H3. The molecule has 1 aliphatic carbocycles. The third kappa shape index (κ3) is 3.11. The molecule has 2 aliphatic rings. The van der Waals surface area contributed by atoms with Crippen LogP contribution in [0.2, 0.25) is 0 Å². The zero-order valence-electron chi connectivity index (χ0n) is 17.2. The van der Waals surface area contributed by atoms with E-state index in [1.54, 1.807) is 7.11 Å². The van der Waals surface area contributed by atoms with Crippen LogP contribution in [0, 0.1) is 6.92 Å². The number of carbonyl (C=O) groups is 1. The van der Waals surface area contributed by atoms with Crippen LogP contribution < -0.4 is 9.64 Å². The number of carbonyl (C=O) groups excluding carboxylic acids is 1. The van der Waals surface area contributed by atoms with Crippen LogP contribution in [0.4, 0.5) is 5.95 Å². The number of fused-ring (bicyclic) bond motifs is 2. The number of methoxy groups -OCH3 is 1. The average molecular weight is 380 g/mol. The summed E-state index contributed by atoms with van der Waals surface area (Å²) in [6.45, 7) is 3.50. The van der Waals surface area contributed by atoms with Gasteiger partial charge in [0.15, 0.2) is 0 Å². The van der Waals surface area contributed by atoms with Crippen LogP contribution in [0.1, 0.15) is 46.4 Å². The van der Waals surface area contributed by atoms with Crippen molar-refractivity contribution in [3.05, 3.63) is 46.8 Å². The number of aryl methyl sites for hydroxylation is 2. The second-order valence-electron chi connectivity index (χ2n) is 8.23. The first-order valence-corrected chi connectivity index (χ1v) is 9.91. The first kappa shape index (κ1) is 18.7. The normalized spacial score (nSPS) is 20.9. The Morgan fingerprint density at radius 2 is 2.11 bits per heavy atom. The zero-order chi connectivity index (χ0) is 19.9. The highest BCUT2D eigenvalue weighted by Crippen LogP contribution is 2.44. The van der Waals surface area contributed by atoms with Crippen molar-refractivity contribution in [2.24, 2.45) is 0 Å². The molecule has 2 aromatic rings. The number of hydrogen-bond donors (Lipinski definition) is 0. The second-order valence-corrected chi connectivity index (χ2v) is 8.23. The van der Waals surface area contributed by atoms with Gasteiger partial charge in [0.25, 0.3) is 5.91 Å². The molecule has 1 fully saturated rings. The van der Waals surface area contributed by atoms with Crippen molar-refractivity contribution in [3.8, 4) is 5.75 Å². The lowest BCUT2D eigenvalue weighted by Crippen LogP contribution is -2.48. The number of likely N-dealkylation sites (tertiary alicyclic amines) is 1. The summed E-state index contributed by atoms with van der Waals surface area (Å²) in [6.07, 6.45) is 6.09. The summed E-state index contributed by atoms with van der Waals surface area (Å²) >= 11 is 0. The molecule has 1 aromatic carbocycles. The molecule has 6 heteroatoms. The van der Waals surface area contributed by atoms with E-state index in [-0.39, 0.29) is 11.3 Å². The van der Waals surface area contributed by atoms with Crippen LogP contribution in [0.15, 0.2) is 24.4 Å². The Morgan fingerprint density at radius 1 is 1.29 bits per heavy atom. The van der Waals surface area contributed by atoms with Gasteiger partial charge in [-0.15, -0.1) is 0 Å². The fourth-order valence-corrected chi connectivity index (χ4v) is 4.62. The Bertz CT molecular complexity index is 907. The molecule has 148 valence electrons. The lowest BCUT2D eigenvalue weighted by Gasteiger charge is -2.40. The SMILES string of the molecule is COc1ccc(C(=O)N2CCCC3(CCc4cnc(N(C)C)nc43)C2)c(C)c1. The maximum atomic E-state index is 13.3. The minimum atomic E-state index is -0.0443. The summed E-state index contributed by atoms with van der Waals surface area (Å²) < 4.78 is 5.28. The minimum absolute atomic E-state index is 0.0443. The van der Waals surface area contributed by atoms with Crippen LogP contribution in [0.3, 0.4) is 0 Å². The van der Waals surface area contributed by atoms with Crippen molar-refractivity contribution >= 4 is 11.9 Å². The number of benzene rings is 1. The van der Waals surface area contributed by atoms with E-state index in [0.29, 0.717) is 0 Å². The van der Waals surface area contributed by atoms with Gasteiger partial charge in [0.2, 0.25) is 5.95 Å². The van der Waals surface area contributed by atoms with Crippen molar-refractivity contribution in [3.63, 3.8) is 0 Å². The number of amides is 1. The Labute approximate surface area is 166 Å². The van der Waals surface area contributed by atoms with E-state index in [4.69, 9.17) is 9.72 Å². The fourth-order valence-electron chi connectivity index (χ4n) is 4.62. The maximum absolute atomic E-state index is 13.3. The molecule has 4 rings (SSSR count). The van der Waals surface area contributed by atoms with Gasteiger partial charge < -0.3 is 14.5 Å². The van der Waals surface area contributed by atoms with Crippen LogP contribution in [0.5, 0.6) is 5.75 Å². The van der Waals surface area contributed by atoms with Gasteiger partial charge >= 0.3 is 0 Å². The van der Waals surface area contributed by atoms with E-state index in [1.807, 2.05) is 55.2 Å². The van der Waals surface area contributed by atoms with E-state index in [0.717, 1.165) is 67.3 Å². The Morgan fingerprint density at radius 3 is 2.82 bits per heavy atom. The number of hydrogen-bond acceptors (Lipinski definition) is 5. The average Bonchev–Trinajstić information content (AvgIpc) is 3.04. The molecule has 0 saturated carbocycles. The summed E-state index contributed by atoms with van der Waals surface area (Å²) in [5.74, 6) is 1.63. The van der Waals surface area contributed by atoms with Gasteiger partial charge in [0.05, 0.1) is 12.8 Å². The monoisotopic (exact) mass is 380 g/mol. The van der Waals surface area contributed by atoms with Crippen LogP contribution >= 0.6 is 0 Å². The number of ether oxygens (including phenoxy) is 1. The van der Waals surface area contributed by atoms with E-state index < -0.39 is 0 Å². The number of piperidine rings is 1. The summed E-state index contributed by atoms with van der Waals surface area (Å²) in [7, 11) is 5.57.